The molecule has 0 fully saturated rings. The Balaban J connectivity index is 2.60. The molecule has 126 valence electrons. The summed E-state index contributed by atoms with van der Waals surface area (Å²) in [5, 5.41) is 2.35. The lowest BCUT2D eigenvalue weighted by atomic mass is 10.3. The molecule has 10 heteroatoms. The molecule has 0 atom stereocenters. The summed E-state index contributed by atoms with van der Waals surface area (Å²) in [5.41, 5.74) is 0. The van der Waals surface area contributed by atoms with Crippen LogP contribution in [-0.4, -0.2) is 33.8 Å². The topological polar surface area (TPSA) is 84.5 Å². The van der Waals surface area contributed by atoms with Crippen molar-refractivity contribution in [1.82, 2.24) is 10.0 Å². The second-order valence-electron chi connectivity index (χ2n) is 4.15. The number of halogens is 3. The van der Waals surface area contributed by atoms with Crippen LogP contribution in [0.3, 0.4) is 0 Å². The van der Waals surface area contributed by atoms with Gasteiger partial charge in [-0.05, 0) is 24.3 Å². The van der Waals surface area contributed by atoms with Crippen LogP contribution in [0.4, 0.5) is 13.2 Å². The smallest absolute Gasteiger partial charge is 0.406 e. The number of benzene rings is 1. The van der Waals surface area contributed by atoms with Crippen molar-refractivity contribution in [3.8, 4) is 18.1 Å². The van der Waals surface area contributed by atoms with Gasteiger partial charge < -0.3 is 10.1 Å². The van der Waals surface area contributed by atoms with Gasteiger partial charge in [-0.25, -0.2) is 13.1 Å². The number of rotatable bonds is 7. The third-order valence-electron chi connectivity index (χ3n) is 2.40. The molecule has 0 spiro atoms. The van der Waals surface area contributed by atoms with Crippen LogP contribution in [0, 0.1) is 12.3 Å². The number of nitrogens with one attached hydrogen (secondary N) is 2. The van der Waals surface area contributed by atoms with Crippen molar-refractivity contribution in [2.45, 2.75) is 17.7 Å². The van der Waals surface area contributed by atoms with E-state index in [9.17, 15) is 26.4 Å². The highest BCUT2D eigenvalue weighted by molar-refractivity contribution is 7.89. The predicted molar refractivity (Wildman–Crippen MR) is 74.8 cm³/mol. The number of hydrogen-bond acceptors (Lipinski definition) is 4. The first-order valence-corrected chi connectivity index (χ1v) is 7.68. The van der Waals surface area contributed by atoms with Gasteiger partial charge in [0.1, 0.15) is 5.75 Å². The molecule has 1 aromatic rings. The fourth-order valence-corrected chi connectivity index (χ4v) is 2.47. The number of carbonyl (C=O) groups is 1. The Morgan fingerprint density at radius 3 is 2.39 bits per heavy atom. The molecule has 6 nitrogen and oxygen atoms in total. The van der Waals surface area contributed by atoms with E-state index < -0.39 is 28.0 Å². The van der Waals surface area contributed by atoms with Crippen molar-refractivity contribution in [2.75, 3.05) is 13.1 Å². The number of ether oxygens (including phenoxy) is 1. The molecule has 0 heterocycles. The number of alkyl halides is 3. The van der Waals surface area contributed by atoms with Crippen LogP contribution < -0.4 is 14.8 Å². The van der Waals surface area contributed by atoms with Crippen LogP contribution in [-0.2, 0) is 14.8 Å². The van der Waals surface area contributed by atoms with E-state index in [1.807, 2.05) is 0 Å². The molecule has 23 heavy (non-hydrogen) atoms. The minimum atomic E-state index is -4.86. The van der Waals surface area contributed by atoms with Crippen molar-refractivity contribution >= 4 is 15.9 Å². The lowest BCUT2D eigenvalue weighted by molar-refractivity contribution is -0.274. The average Bonchev–Trinajstić information content (AvgIpc) is 2.43. The maximum atomic E-state index is 12.0. The van der Waals surface area contributed by atoms with Crippen molar-refractivity contribution in [2.24, 2.45) is 0 Å². The first-order chi connectivity index (χ1) is 10.6. The molecular formula is C13H13F3N2O4S. The summed E-state index contributed by atoms with van der Waals surface area (Å²) in [6.45, 7) is -0.147. The maximum absolute atomic E-state index is 12.0. The second kappa shape index (κ2) is 7.85. The largest absolute Gasteiger partial charge is 0.573 e. The SMILES string of the molecule is C#CCNC(=O)CCNS(=O)(=O)c1ccc(OC(F)(F)F)cc1. The number of terminal acetylenes is 1. The Hall–Kier alpha value is -2.25. The van der Waals surface area contributed by atoms with Crippen molar-refractivity contribution in [3.63, 3.8) is 0 Å². The Bertz CT molecular complexity index is 679. The predicted octanol–water partition coefficient (Wildman–Crippen LogP) is 1.00. The zero-order valence-electron chi connectivity index (χ0n) is 11.7. The summed E-state index contributed by atoms with van der Waals surface area (Å²) in [7, 11) is -3.94. The number of hydrogen-bond donors (Lipinski definition) is 2. The zero-order valence-corrected chi connectivity index (χ0v) is 12.5. The molecule has 0 saturated carbocycles. The van der Waals surface area contributed by atoms with Crippen LogP contribution in [0.1, 0.15) is 6.42 Å². The number of carbonyl (C=O) groups excluding carboxylic acids is 1. The highest BCUT2D eigenvalue weighted by Gasteiger charge is 2.31. The van der Waals surface area contributed by atoms with Gasteiger partial charge in [0.25, 0.3) is 0 Å². The standard InChI is InChI=1S/C13H13F3N2O4S/c1-2-8-17-12(19)7-9-18-23(20,21)11-5-3-10(4-6-11)22-13(14,15)16/h1,3-6,18H,7-9H2,(H,17,19). The van der Waals surface area contributed by atoms with Crippen LogP contribution in [0.15, 0.2) is 29.2 Å². The van der Waals surface area contributed by atoms with E-state index in [1.165, 1.54) is 0 Å². The van der Waals surface area contributed by atoms with E-state index in [4.69, 9.17) is 6.42 Å². The summed E-state index contributed by atoms with van der Waals surface area (Å²) in [6, 6.07) is 3.67. The minimum absolute atomic E-state index is 0.0340. The summed E-state index contributed by atoms with van der Waals surface area (Å²) in [5.74, 6) is 1.22. The molecule has 0 unspecified atom stereocenters. The van der Waals surface area contributed by atoms with Gasteiger partial charge in [0.2, 0.25) is 15.9 Å². The molecular weight excluding hydrogens is 337 g/mol. The Morgan fingerprint density at radius 1 is 1.26 bits per heavy atom. The third kappa shape index (κ3) is 7.03. The quantitative estimate of drug-likeness (QED) is 0.719. The summed E-state index contributed by atoms with van der Waals surface area (Å²) >= 11 is 0. The van der Waals surface area contributed by atoms with E-state index in [1.54, 1.807) is 0 Å². The molecule has 0 aliphatic heterocycles. The van der Waals surface area contributed by atoms with Gasteiger partial charge in [-0.2, -0.15) is 0 Å². The molecule has 0 aromatic heterocycles. The van der Waals surface area contributed by atoms with Crippen LogP contribution in [0.2, 0.25) is 0 Å². The van der Waals surface area contributed by atoms with Gasteiger partial charge in [0.15, 0.2) is 0 Å². The number of sulfonamides is 1. The van der Waals surface area contributed by atoms with E-state index >= 15 is 0 Å². The van der Waals surface area contributed by atoms with Gasteiger partial charge in [0.05, 0.1) is 11.4 Å². The number of amides is 1. The summed E-state index contributed by atoms with van der Waals surface area (Å²) in [6.07, 6.45) is -0.0412. The van der Waals surface area contributed by atoms with E-state index in [2.05, 4.69) is 20.7 Å². The molecule has 0 radical (unpaired) electrons. The minimum Gasteiger partial charge on any atom is -0.406 e. The second-order valence-corrected chi connectivity index (χ2v) is 5.91. The molecule has 1 rings (SSSR count). The van der Waals surface area contributed by atoms with Gasteiger partial charge in [-0.1, -0.05) is 5.92 Å². The monoisotopic (exact) mass is 350 g/mol. The third-order valence-corrected chi connectivity index (χ3v) is 3.88. The highest BCUT2D eigenvalue weighted by atomic mass is 32.2. The average molecular weight is 350 g/mol. The van der Waals surface area contributed by atoms with Crippen LogP contribution in [0.25, 0.3) is 0 Å². The molecule has 0 saturated heterocycles. The fourth-order valence-electron chi connectivity index (χ4n) is 1.44. The molecule has 2 N–H and O–H groups in total. The highest BCUT2D eigenvalue weighted by Crippen LogP contribution is 2.23. The molecule has 0 aliphatic rings. The Labute approximate surface area is 131 Å². The lowest BCUT2D eigenvalue weighted by Gasteiger charge is -2.10. The maximum Gasteiger partial charge on any atom is 0.573 e. The summed E-state index contributed by atoms with van der Waals surface area (Å²) < 4.78 is 65.6. The fraction of sp³-hybridized carbons (Fsp3) is 0.308. The van der Waals surface area contributed by atoms with Crippen molar-refractivity contribution in [3.05, 3.63) is 24.3 Å². The van der Waals surface area contributed by atoms with Gasteiger partial charge in [0, 0.05) is 13.0 Å². The molecule has 0 aliphatic carbocycles. The van der Waals surface area contributed by atoms with Crippen molar-refractivity contribution < 1.29 is 31.1 Å². The van der Waals surface area contributed by atoms with Crippen molar-refractivity contribution in [1.29, 1.82) is 0 Å². The Morgan fingerprint density at radius 2 is 1.87 bits per heavy atom. The molecule has 1 aromatic carbocycles. The van der Waals surface area contributed by atoms with E-state index in [0.717, 1.165) is 24.3 Å². The lowest BCUT2D eigenvalue weighted by Crippen LogP contribution is -2.30. The van der Waals surface area contributed by atoms with Crippen LogP contribution in [0.5, 0.6) is 5.75 Å². The Kier molecular flexibility index (Phi) is 6.41. The van der Waals surface area contributed by atoms with Gasteiger partial charge in [-0.15, -0.1) is 19.6 Å². The summed E-state index contributed by atoms with van der Waals surface area (Å²) in [4.78, 5) is 11.0. The molecule has 1 amide bonds. The normalized spacial score (nSPS) is 11.6. The first kappa shape index (κ1) is 18.8. The molecule has 0 bridgehead atoms. The van der Waals surface area contributed by atoms with E-state index in [0.29, 0.717) is 0 Å². The first-order valence-electron chi connectivity index (χ1n) is 6.20. The van der Waals surface area contributed by atoms with Gasteiger partial charge >= 0.3 is 6.36 Å². The zero-order chi connectivity index (χ0) is 17.5. The van der Waals surface area contributed by atoms with Crippen LogP contribution >= 0.6 is 0 Å². The van der Waals surface area contributed by atoms with Gasteiger partial charge in [-0.3, -0.25) is 4.79 Å². The van der Waals surface area contributed by atoms with E-state index in [-0.39, 0.29) is 24.4 Å².